The minimum Gasteiger partial charge on any atom is -0.497 e. The van der Waals surface area contributed by atoms with Gasteiger partial charge in [0.05, 0.1) is 22.7 Å². The van der Waals surface area contributed by atoms with Crippen LogP contribution < -0.4 is 20.7 Å². The number of ether oxygens (including phenoxy) is 2. The number of nitro groups is 1. The number of rotatable bonds is 5. The Labute approximate surface area is 127 Å². The number of halogens is 1. The van der Waals surface area contributed by atoms with Gasteiger partial charge >= 0.3 is 5.69 Å². The second-order valence-electron chi connectivity index (χ2n) is 3.68. The van der Waals surface area contributed by atoms with Crippen molar-refractivity contribution in [2.75, 3.05) is 12.5 Å². The first-order chi connectivity index (χ1) is 10.0. The van der Waals surface area contributed by atoms with Gasteiger partial charge in [-0.2, -0.15) is 4.98 Å². The first-order valence-electron chi connectivity index (χ1n) is 5.54. The molecule has 0 radical (unpaired) electrons. The van der Waals surface area contributed by atoms with Crippen molar-refractivity contribution in [2.24, 2.45) is 5.84 Å². The largest absolute Gasteiger partial charge is 0.497 e. The lowest BCUT2D eigenvalue weighted by Crippen LogP contribution is -2.10. The van der Waals surface area contributed by atoms with E-state index < -0.39 is 4.92 Å². The van der Waals surface area contributed by atoms with Gasteiger partial charge in [0, 0.05) is 12.1 Å². The number of nitro benzene ring substituents is 1. The molecule has 10 heteroatoms. The van der Waals surface area contributed by atoms with Gasteiger partial charge in [-0.15, -0.1) is 0 Å². The molecule has 110 valence electrons. The molecule has 3 N–H and O–H groups in total. The maximum Gasteiger partial charge on any atom is 0.311 e. The molecule has 0 fully saturated rings. The molecule has 0 bridgehead atoms. The van der Waals surface area contributed by atoms with Crippen molar-refractivity contribution in [3.05, 3.63) is 39.0 Å². The molecule has 0 saturated carbocycles. The van der Waals surface area contributed by atoms with E-state index in [0.717, 1.165) is 0 Å². The van der Waals surface area contributed by atoms with Crippen molar-refractivity contribution in [1.82, 2.24) is 9.97 Å². The summed E-state index contributed by atoms with van der Waals surface area (Å²) >= 11 is 3.19. The van der Waals surface area contributed by atoms with Crippen LogP contribution in [0.3, 0.4) is 0 Å². The zero-order valence-corrected chi connectivity index (χ0v) is 12.3. The monoisotopic (exact) mass is 355 g/mol. The Morgan fingerprint density at radius 3 is 2.86 bits per heavy atom. The zero-order valence-electron chi connectivity index (χ0n) is 10.7. The van der Waals surface area contributed by atoms with Crippen molar-refractivity contribution >= 4 is 27.6 Å². The summed E-state index contributed by atoms with van der Waals surface area (Å²) in [7, 11) is 1.45. The molecule has 9 nitrogen and oxygen atoms in total. The third-order valence-corrected chi connectivity index (χ3v) is 2.96. The molecule has 0 amide bonds. The molecule has 1 aromatic heterocycles. The topological polar surface area (TPSA) is 125 Å². The van der Waals surface area contributed by atoms with Crippen LogP contribution in [-0.4, -0.2) is 22.0 Å². The van der Waals surface area contributed by atoms with Crippen LogP contribution in [0.25, 0.3) is 0 Å². The molecule has 0 aliphatic rings. The Balaban J connectivity index is 2.44. The van der Waals surface area contributed by atoms with Crippen LogP contribution in [0.2, 0.25) is 0 Å². The normalized spacial score (nSPS) is 10.0. The number of hydrogen-bond donors (Lipinski definition) is 2. The molecule has 1 heterocycles. The minimum atomic E-state index is -0.564. The summed E-state index contributed by atoms with van der Waals surface area (Å²) in [5, 5.41) is 11.0. The Morgan fingerprint density at radius 1 is 1.48 bits per heavy atom. The van der Waals surface area contributed by atoms with E-state index in [1.165, 1.54) is 31.5 Å². The molecule has 1 aromatic carbocycles. The lowest BCUT2D eigenvalue weighted by Gasteiger charge is -2.09. The number of hydrogen-bond acceptors (Lipinski definition) is 8. The van der Waals surface area contributed by atoms with Gasteiger partial charge in [-0.3, -0.25) is 15.5 Å². The van der Waals surface area contributed by atoms with Gasteiger partial charge < -0.3 is 9.47 Å². The minimum absolute atomic E-state index is 0.0123. The maximum atomic E-state index is 11.0. The van der Waals surface area contributed by atoms with E-state index in [2.05, 4.69) is 31.3 Å². The van der Waals surface area contributed by atoms with Crippen LogP contribution in [-0.2, 0) is 0 Å². The van der Waals surface area contributed by atoms with E-state index in [9.17, 15) is 10.1 Å². The molecule has 21 heavy (non-hydrogen) atoms. The fourth-order valence-corrected chi connectivity index (χ4v) is 1.72. The van der Waals surface area contributed by atoms with Crippen LogP contribution in [0, 0.1) is 10.1 Å². The Morgan fingerprint density at radius 2 is 2.24 bits per heavy atom. The number of aromatic nitrogens is 2. The summed E-state index contributed by atoms with van der Waals surface area (Å²) in [6.07, 6.45) is 1.41. The van der Waals surface area contributed by atoms with Gasteiger partial charge in [-0.25, -0.2) is 10.8 Å². The Hall–Kier alpha value is -2.46. The van der Waals surface area contributed by atoms with E-state index in [1.54, 1.807) is 0 Å². The third-order valence-electron chi connectivity index (χ3n) is 2.41. The zero-order chi connectivity index (χ0) is 15.4. The third kappa shape index (κ3) is 3.35. The number of anilines is 1. The summed E-state index contributed by atoms with van der Waals surface area (Å²) in [5.41, 5.74) is 2.04. The van der Waals surface area contributed by atoms with Crippen molar-refractivity contribution in [1.29, 1.82) is 0 Å². The predicted molar refractivity (Wildman–Crippen MR) is 77.3 cm³/mol. The van der Waals surface area contributed by atoms with Crippen molar-refractivity contribution in [3.63, 3.8) is 0 Å². The highest BCUT2D eigenvalue weighted by Crippen LogP contribution is 2.36. The first kappa shape index (κ1) is 14.9. The fraction of sp³-hybridized carbons (Fsp3) is 0.0909. The van der Waals surface area contributed by atoms with Gasteiger partial charge in [0.15, 0.2) is 0 Å². The van der Waals surface area contributed by atoms with Crippen molar-refractivity contribution < 1.29 is 14.4 Å². The van der Waals surface area contributed by atoms with E-state index in [1.807, 2.05) is 0 Å². The Bertz CT molecular complexity index is 682. The molecule has 2 aromatic rings. The Kier molecular flexibility index (Phi) is 4.50. The van der Waals surface area contributed by atoms with E-state index in [4.69, 9.17) is 15.3 Å². The number of nitrogens with one attached hydrogen (secondary N) is 1. The maximum absolute atomic E-state index is 11.0. The van der Waals surface area contributed by atoms with E-state index in [-0.39, 0.29) is 23.3 Å². The molecular weight excluding hydrogens is 346 g/mol. The number of benzene rings is 1. The van der Waals surface area contributed by atoms with E-state index >= 15 is 0 Å². The highest BCUT2D eigenvalue weighted by molar-refractivity contribution is 9.10. The molecule has 2 rings (SSSR count). The molecule has 0 saturated heterocycles. The van der Waals surface area contributed by atoms with Gasteiger partial charge in [0.25, 0.3) is 0 Å². The van der Waals surface area contributed by atoms with Gasteiger partial charge in [-0.05, 0) is 22.0 Å². The average molecular weight is 356 g/mol. The van der Waals surface area contributed by atoms with Gasteiger partial charge in [-0.1, -0.05) is 0 Å². The lowest BCUT2D eigenvalue weighted by atomic mass is 10.3. The molecule has 0 unspecified atom stereocenters. The average Bonchev–Trinajstić information content (AvgIpc) is 2.49. The number of nitrogens with two attached hydrogens (primary N) is 1. The second-order valence-corrected chi connectivity index (χ2v) is 4.54. The molecule has 0 aliphatic heterocycles. The van der Waals surface area contributed by atoms with Crippen LogP contribution in [0.5, 0.6) is 17.4 Å². The van der Waals surface area contributed by atoms with Crippen molar-refractivity contribution in [3.8, 4) is 17.4 Å². The smallest absolute Gasteiger partial charge is 0.311 e. The highest BCUT2D eigenvalue weighted by Gasteiger charge is 2.19. The first-order valence-corrected chi connectivity index (χ1v) is 6.34. The number of hydrazine groups is 1. The number of methoxy groups -OCH3 is 1. The van der Waals surface area contributed by atoms with Crippen LogP contribution in [0.15, 0.2) is 28.9 Å². The lowest BCUT2D eigenvalue weighted by molar-refractivity contribution is -0.385. The van der Waals surface area contributed by atoms with Crippen LogP contribution >= 0.6 is 15.9 Å². The fourth-order valence-electron chi connectivity index (χ4n) is 1.45. The van der Waals surface area contributed by atoms with Gasteiger partial charge in [0.1, 0.15) is 5.75 Å². The summed E-state index contributed by atoms with van der Waals surface area (Å²) < 4.78 is 10.9. The van der Waals surface area contributed by atoms with Crippen LogP contribution in [0.4, 0.5) is 11.6 Å². The standard InChI is InChI=1S/C11H10BrN5O4/c1-20-6-2-3-8(17(18)19)9(4-6)21-10-7(12)5-14-11(15-10)16-13/h2-5H,13H2,1H3,(H,14,15,16). The van der Waals surface area contributed by atoms with E-state index in [0.29, 0.717) is 10.2 Å². The quantitative estimate of drug-likeness (QED) is 0.475. The molecule has 0 aliphatic carbocycles. The summed E-state index contributed by atoms with van der Waals surface area (Å²) in [4.78, 5) is 18.3. The molecular formula is C11H10BrN5O4. The van der Waals surface area contributed by atoms with Crippen molar-refractivity contribution in [2.45, 2.75) is 0 Å². The van der Waals surface area contributed by atoms with Crippen LogP contribution in [0.1, 0.15) is 0 Å². The number of nitrogen functional groups attached to an aromatic ring is 1. The SMILES string of the molecule is COc1ccc([N+](=O)[O-])c(Oc2nc(NN)ncc2Br)c1. The summed E-state index contributed by atoms with van der Waals surface area (Å²) in [6.45, 7) is 0. The predicted octanol–water partition coefficient (Wildman–Crippen LogP) is 2.23. The van der Waals surface area contributed by atoms with Gasteiger partial charge in [0.2, 0.25) is 17.6 Å². The summed E-state index contributed by atoms with van der Waals surface area (Å²) in [6, 6.07) is 4.14. The summed E-state index contributed by atoms with van der Waals surface area (Å²) in [5.74, 6) is 5.80. The molecule has 0 atom stereocenters. The molecule has 0 spiro atoms. The highest BCUT2D eigenvalue weighted by atomic mass is 79.9. The second kappa shape index (κ2) is 6.33. The number of nitrogens with zero attached hydrogens (tertiary/aromatic N) is 3.